The molecule has 0 aliphatic carbocycles. The summed E-state index contributed by atoms with van der Waals surface area (Å²) in [5.74, 6) is -0.282. The predicted octanol–water partition coefficient (Wildman–Crippen LogP) is 5.28. The first-order chi connectivity index (χ1) is 19.3. The summed E-state index contributed by atoms with van der Waals surface area (Å²) in [5.41, 5.74) is 2.42. The molecule has 1 fully saturated rings. The number of piperidine rings is 1. The number of aliphatic hydroxyl groups is 1. The van der Waals surface area contributed by atoms with Crippen LogP contribution in [0.1, 0.15) is 49.1 Å². The standard InChI is InChI=1S/C30H33ClN2O7/c1-3-39-30-23(7-4-8-26(30)38-2)29(37)24-19-21(31)9-11-25(24)33-15-5-6-22(33)10-12-28(36)40-32-16-13-20(14-17-32)18-27(34)35/h4-12,15,19-20,29,37H,3,13-14,16-18H2,1-2H3,(H,34,35). The first kappa shape index (κ1) is 29.2. The molecule has 0 amide bonds. The summed E-state index contributed by atoms with van der Waals surface area (Å²) in [6, 6.07) is 14.2. The van der Waals surface area contributed by atoms with Gasteiger partial charge in [0.25, 0.3) is 0 Å². The number of hydrogen-bond donors (Lipinski definition) is 2. The van der Waals surface area contributed by atoms with Gasteiger partial charge in [0.1, 0.15) is 6.10 Å². The van der Waals surface area contributed by atoms with Gasteiger partial charge in [0, 0.05) is 53.6 Å². The van der Waals surface area contributed by atoms with Gasteiger partial charge in [-0.3, -0.25) is 4.79 Å². The van der Waals surface area contributed by atoms with Crippen molar-refractivity contribution in [2.75, 3.05) is 26.8 Å². The molecule has 10 heteroatoms. The lowest BCUT2D eigenvalue weighted by Crippen LogP contribution is -2.35. The Kier molecular flexibility index (Phi) is 9.87. The maximum absolute atomic E-state index is 12.5. The number of aromatic nitrogens is 1. The molecule has 1 atom stereocenters. The molecule has 2 aromatic carbocycles. The number of aliphatic hydroxyl groups excluding tert-OH is 1. The first-order valence-corrected chi connectivity index (χ1v) is 13.5. The molecule has 2 heterocycles. The second kappa shape index (κ2) is 13.5. The average molecular weight is 569 g/mol. The molecule has 40 heavy (non-hydrogen) atoms. The predicted molar refractivity (Wildman–Crippen MR) is 151 cm³/mol. The Bertz CT molecular complexity index is 1360. The van der Waals surface area contributed by atoms with Crippen LogP contribution in [0.2, 0.25) is 5.02 Å². The lowest BCUT2D eigenvalue weighted by Gasteiger charge is -2.29. The normalized spacial score (nSPS) is 15.2. The van der Waals surface area contributed by atoms with E-state index in [9.17, 15) is 14.7 Å². The van der Waals surface area contributed by atoms with E-state index in [1.54, 1.807) is 54.6 Å². The zero-order chi connectivity index (χ0) is 28.6. The number of halogens is 1. The van der Waals surface area contributed by atoms with Crippen molar-refractivity contribution in [3.05, 3.63) is 82.6 Å². The number of carbonyl (C=O) groups excluding carboxylic acids is 1. The second-order valence-electron chi connectivity index (χ2n) is 9.43. The molecule has 9 nitrogen and oxygen atoms in total. The molecule has 1 saturated heterocycles. The van der Waals surface area contributed by atoms with E-state index in [1.165, 1.54) is 6.08 Å². The molecule has 1 aliphatic heterocycles. The molecule has 0 bridgehead atoms. The van der Waals surface area contributed by atoms with Gasteiger partial charge in [0.15, 0.2) is 11.5 Å². The second-order valence-corrected chi connectivity index (χ2v) is 9.87. The van der Waals surface area contributed by atoms with Crippen LogP contribution >= 0.6 is 11.6 Å². The van der Waals surface area contributed by atoms with Crippen LogP contribution in [0.3, 0.4) is 0 Å². The van der Waals surface area contributed by atoms with Gasteiger partial charge in [0.2, 0.25) is 0 Å². The SMILES string of the molecule is CCOc1c(OC)cccc1C(O)c1cc(Cl)ccc1-n1cccc1C=CC(=O)ON1CCC(CC(=O)O)CC1. The molecule has 2 N–H and O–H groups in total. The fourth-order valence-electron chi connectivity index (χ4n) is 4.85. The van der Waals surface area contributed by atoms with Crippen LogP contribution in [0.15, 0.2) is 60.8 Å². The Hall–Kier alpha value is -3.79. The molecule has 0 spiro atoms. The van der Waals surface area contributed by atoms with Crippen LogP contribution in [-0.2, 0) is 14.4 Å². The summed E-state index contributed by atoms with van der Waals surface area (Å²) in [4.78, 5) is 28.9. The number of carbonyl (C=O) groups is 2. The Labute approximate surface area is 238 Å². The molecule has 0 saturated carbocycles. The van der Waals surface area contributed by atoms with Crippen molar-refractivity contribution in [1.82, 2.24) is 9.63 Å². The zero-order valence-corrected chi connectivity index (χ0v) is 23.2. The third kappa shape index (κ3) is 7.04. The molecular weight excluding hydrogens is 536 g/mol. The summed E-state index contributed by atoms with van der Waals surface area (Å²) in [7, 11) is 1.55. The van der Waals surface area contributed by atoms with Crippen molar-refractivity contribution in [3.8, 4) is 17.2 Å². The molecule has 212 valence electrons. The lowest BCUT2D eigenvalue weighted by atomic mass is 9.95. The first-order valence-electron chi connectivity index (χ1n) is 13.1. The van der Waals surface area contributed by atoms with E-state index in [1.807, 2.05) is 29.8 Å². The number of benzene rings is 2. The number of ether oxygens (including phenoxy) is 2. The van der Waals surface area contributed by atoms with Gasteiger partial charge in [-0.25, -0.2) is 4.79 Å². The highest BCUT2D eigenvalue weighted by Gasteiger charge is 2.24. The van der Waals surface area contributed by atoms with E-state index in [4.69, 9.17) is 31.0 Å². The monoisotopic (exact) mass is 568 g/mol. The minimum atomic E-state index is -1.08. The van der Waals surface area contributed by atoms with E-state index in [2.05, 4.69) is 0 Å². The maximum atomic E-state index is 12.5. The van der Waals surface area contributed by atoms with Crippen LogP contribution < -0.4 is 9.47 Å². The number of hydrogen-bond acceptors (Lipinski definition) is 7. The number of carboxylic acids is 1. The summed E-state index contributed by atoms with van der Waals surface area (Å²) < 4.78 is 13.1. The van der Waals surface area contributed by atoms with Crippen molar-refractivity contribution in [2.24, 2.45) is 5.92 Å². The minimum Gasteiger partial charge on any atom is -0.493 e. The zero-order valence-electron chi connectivity index (χ0n) is 22.5. The van der Waals surface area contributed by atoms with Crippen LogP contribution in [0, 0.1) is 5.92 Å². The van der Waals surface area contributed by atoms with E-state index in [0.717, 1.165) is 0 Å². The number of methoxy groups -OCH3 is 1. The highest BCUT2D eigenvalue weighted by molar-refractivity contribution is 6.30. The Morgan fingerprint density at radius 2 is 1.90 bits per heavy atom. The van der Waals surface area contributed by atoms with Gasteiger partial charge in [-0.1, -0.05) is 23.7 Å². The lowest BCUT2D eigenvalue weighted by molar-refractivity contribution is -0.190. The van der Waals surface area contributed by atoms with Crippen molar-refractivity contribution < 1.29 is 34.1 Å². The van der Waals surface area contributed by atoms with Gasteiger partial charge in [-0.15, -0.1) is 5.06 Å². The molecular formula is C30H33ClN2O7. The average Bonchev–Trinajstić information content (AvgIpc) is 3.41. The van der Waals surface area contributed by atoms with Gasteiger partial charge < -0.3 is 29.1 Å². The van der Waals surface area contributed by atoms with Gasteiger partial charge in [0.05, 0.1) is 19.4 Å². The molecule has 1 aliphatic rings. The van der Waals surface area contributed by atoms with Crippen LogP contribution in [0.25, 0.3) is 11.8 Å². The Morgan fingerprint density at radius 1 is 1.12 bits per heavy atom. The largest absolute Gasteiger partial charge is 0.493 e. The van der Waals surface area contributed by atoms with Crippen molar-refractivity contribution >= 4 is 29.6 Å². The van der Waals surface area contributed by atoms with Gasteiger partial charge in [-0.05, 0) is 68.2 Å². The number of hydroxylamine groups is 2. The molecule has 0 radical (unpaired) electrons. The third-order valence-corrected chi connectivity index (χ3v) is 7.02. The highest BCUT2D eigenvalue weighted by Crippen LogP contribution is 2.40. The molecule has 3 aromatic rings. The van der Waals surface area contributed by atoms with Gasteiger partial charge in [-0.2, -0.15) is 0 Å². The van der Waals surface area contributed by atoms with E-state index < -0.39 is 18.0 Å². The minimum absolute atomic E-state index is 0.0942. The van der Waals surface area contributed by atoms with E-state index in [-0.39, 0.29) is 12.3 Å². The van der Waals surface area contributed by atoms with E-state index in [0.29, 0.717) is 71.6 Å². The van der Waals surface area contributed by atoms with E-state index >= 15 is 0 Å². The third-order valence-electron chi connectivity index (χ3n) is 6.78. The number of nitrogens with zero attached hydrogens (tertiary/aromatic N) is 2. The number of para-hydroxylation sites is 1. The molecule has 4 rings (SSSR count). The smallest absolute Gasteiger partial charge is 0.349 e. The van der Waals surface area contributed by atoms with Crippen LogP contribution in [0.4, 0.5) is 0 Å². The fraction of sp³-hybridized carbons (Fsp3) is 0.333. The van der Waals surface area contributed by atoms with Crippen molar-refractivity contribution in [3.63, 3.8) is 0 Å². The van der Waals surface area contributed by atoms with Crippen LogP contribution in [-0.4, -0.2) is 58.6 Å². The topological polar surface area (TPSA) is 110 Å². The summed E-state index contributed by atoms with van der Waals surface area (Å²) >= 11 is 6.35. The quantitative estimate of drug-likeness (QED) is 0.301. The number of aliphatic carboxylic acids is 1. The Morgan fingerprint density at radius 3 is 2.60 bits per heavy atom. The molecule has 1 unspecified atom stereocenters. The highest BCUT2D eigenvalue weighted by atomic mass is 35.5. The maximum Gasteiger partial charge on any atom is 0.349 e. The summed E-state index contributed by atoms with van der Waals surface area (Å²) in [6.07, 6.45) is 5.17. The fourth-order valence-corrected chi connectivity index (χ4v) is 5.03. The number of carboxylic acid groups (broad SMARTS) is 1. The van der Waals surface area contributed by atoms with Crippen LogP contribution in [0.5, 0.6) is 11.5 Å². The Balaban J connectivity index is 1.54. The van der Waals surface area contributed by atoms with Crippen molar-refractivity contribution in [2.45, 2.75) is 32.3 Å². The number of rotatable bonds is 11. The van der Waals surface area contributed by atoms with Gasteiger partial charge >= 0.3 is 11.9 Å². The summed E-state index contributed by atoms with van der Waals surface area (Å²) in [6.45, 7) is 3.24. The molecule has 1 aromatic heterocycles. The van der Waals surface area contributed by atoms with Crippen molar-refractivity contribution in [1.29, 1.82) is 0 Å². The summed E-state index contributed by atoms with van der Waals surface area (Å²) in [5, 5.41) is 22.5.